The van der Waals surface area contributed by atoms with Crippen LogP contribution < -0.4 is 0 Å². The lowest BCUT2D eigenvalue weighted by atomic mass is 10.1. The van der Waals surface area contributed by atoms with Crippen molar-refractivity contribution in [1.29, 1.82) is 0 Å². The van der Waals surface area contributed by atoms with Crippen molar-refractivity contribution >= 4 is 11.9 Å². The maximum atomic E-state index is 12.9. The highest BCUT2D eigenvalue weighted by molar-refractivity contribution is 6.06. The molecule has 2 nitrogen and oxygen atoms in total. The number of carbonyl (C=O) groups is 1. The SMILES string of the molecule is O=C(C=Cc1ccc(F)c(F)c1)c1ccc(O)cc1. The number of aromatic hydroxyl groups is 1. The van der Waals surface area contributed by atoms with Gasteiger partial charge in [-0.2, -0.15) is 0 Å². The Balaban J connectivity index is 2.15. The number of halogens is 2. The summed E-state index contributed by atoms with van der Waals surface area (Å²) in [5.41, 5.74) is 0.794. The van der Waals surface area contributed by atoms with Crippen molar-refractivity contribution < 1.29 is 18.7 Å². The van der Waals surface area contributed by atoms with Crippen molar-refractivity contribution in [3.05, 3.63) is 71.3 Å². The summed E-state index contributed by atoms with van der Waals surface area (Å²) >= 11 is 0. The smallest absolute Gasteiger partial charge is 0.185 e. The molecule has 2 aromatic carbocycles. The summed E-state index contributed by atoms with van der Waals surface area (Å²) in [7, 11) is 0. The van der Waals surface area contributed by atoms with Crippen molar-refractivity contribution in [3.8, 4) is 5.75 Å². The van der Waals surface area contributed by atoms with Gasteiger partial charge >= 0.3 is 0 Å². The maximum absolute atomic E-state index is 12.9. The molecule has 96 valence electrons. The average Bonchev–Trinajstić information content (AvgIpc) is 2.40. The summed E-state index contributed by atoms with van der Waals surface area (Å²) in [6.07, 6.45) is 2.66. The van der Waals surface area contributed by atoms with Crippen molar-refractivity contribution in [2.24, 2.45) is 0 Å². The molecule has 0 heterocycles. The molecule has 0 saturated heterocycles. The van der Waals surface area contributed by atoms with E-state index in [1.807, 2.05) is 0 Å². The Morgan fingerprint density at radius 2 is 1.68 bits per heavy atom. The number of phenolic OH excluding ortho intramolecular Hbond substituents is 1. The van der Waals surface area contributed by atoms with Crippen LogP contribution in [0, 0.1) is 11.6 Å². The first kappa shape index (κ1) is 13.0. The molecular formula is C15H10F2O2. The van der Waals surface area contributed by atoms with Crippen molar-refractivity contribution in [2.45, 2.75) is 0 Å². The van der Waals surface area contributed by atoms with E-state index in [1.165, 1.54) is 42.5 Å². The van der Waals surface area contributed by atoms with Crippen LogP contribution in [-0.2, 0) is 0 Å². The number of ketones is 1. The van der Waals surface area contributed by atoms with Gasteiger partial charge in [0.25, 0.3) is 0 Å². The van der Waals surface area contributed by atoms with E-state index in [-0.39, 0.29) is 11.5 Å². The Kier molecular flexibility index (Phi) is 3.71. The fraction of sp³-hybridized carbons (Fsp3) is 0. The third-order valence-electron chi connectivity index (χ3n) is 2.52. The topological polar surface area (TPSA) is 37.3 Å². The fourth-order valence-corrected chi connectivity index (χ4v) is 1.51. The monoisotopic (exact) mass is 260 g/mol. The minimum absolute atomic E-state index is 0.0705. The molecule has 0 fully saturated rings. The average molecular weight is 260 g/mol. The molecule has 0 amide bonds. The number of phenols is 1. The fourth-order valence-electron chi connectivity index (χ4n) is 1.51. The standard InChI is InChI=1S/C15H10F2O2/c16-13-7-1-10(9-14(13)17)2-8-15(19)11-3-5-12(18)6-4-11/h1-9,18H. The summed E-state index contributed by atoms with van der Waals surface area (Å²) in [6, 6.07) is 9.15. The van der Waals surface area contributed by atoms with E-state index >= 15 is 0 Å². The lowest BCUT2D eigenvalue weighted by molar-refractivity contribution is 0.104. The Morgan fingerprint density at radius 3 is 2.32 bits per heavy atom. The number of rotatable bonds is 3. The van der Waals surface area contributed by atoms with Crippen LogP contribution in [0.2, 0.25) is 0 Å². The number of carbonyl (C=O) groups excluding carboxylic acids is 1. The summed E-state index contributed by atoms with van der Waals surface area (Å²) < 4.78 is 25.7. The van der Waals surface area contributed by atoms with Gasteiger partial charge in [0.1, 0.15) is 5.75 Å². The molecule has 2 rings (SSSR count). The van der Waals surface area contributed by atoms with Gasteiger partial charge < -0.3 is 5.11 Å². The normalized spacial score (nSPS) is 10.8. The quantitative estimate of drug-likeness (QED) is 0.676. The van der Waals surface area contributed by atoms with Crippen molar-refractivity contribution in [1.82, 2.24) is 0 Å². The van der Waals surface area contributed by atoms with E-state index in [2.05, 4.69) is 0 Å². The van der Waals surface area contributed by atoms with Crippen LogP contribution in [0.1, 0.15) is 15.9 Å². The van der Waals surface area contributed by atoms with Crippen LogP contribution in [0.4, 0.5) is 8.78 Å². The van der Waals surface area contributed by atoms with Crippen LogP contribution in [0.5, 0.6) is 5.75 Å². The zero-order valence-corrected chi connectivity index (χ0v) is 9.81. The molecule has 19 heavy (non-hydrogen) atoms. The number of allylic oxidation sites excluding steroid dienone is 1. The zero-order chi connectivity index (χ0) is 13.8. The molecule has 0 aliphatic rings. The molecule has 1 N–H and O–H groups in total. The Morgan fingerprint density at radius 1 is 1.00 bits per heavy atom. The van der Waals surface area contributed by atoms with Crippen molar-refractivity contribution in [3.63, 3.8) is 0 Å². The van der Waals surface area contributed by atoms with Gasteiger partial charge in [-0.15, -0.1) is 0 Å². The molecule has 0 bridgehead atoms. The van der Waals surface area contributed by atoms with Crippen molar-refractivity contribution in [2.75, 3.05) is 0 Å². The number of benzene rings is 2. The molecular weight excluding hydrogens is 250 g/mol. The summed E-state index contributed by atoms with van der Waals surface area (Å²) in [4.78, 5) is 11.7. The molecule has 0 radical (unpaired) electrons. The molecule has 0 aromatic heterocycles. The van der Waals surface area contributed by atoms with E-state index < -0.39 is 11.6 Å². The van der Waals surface area contributed by atoms with E-state index in [0.29, 0.717) is 11.1 Å². The highest BCUT2D eigenvalue weighted by Gasteiger charge is 2.03. The van der Waals surface area contributed by atoms with Crippen LogP contribution >= 0.6 is 0 Å². The van der Waals surface area contributed by atoms with E-state index in [1.54, 1.807) is 0 Å². The van der Waals surface area contributed by atoms with Gasteiger partial charge in [0.15, 0.2) is 17.4 Å². The minimum atomic E-state index is -0.959. The third-order valence-corrected chi connectivity index (χ3v) is 2.52. The van der Waals surface area contributed by atoms with E-state index in [4.69, 9.17) is 5.11 Å². The van der Waals surface area contributed by atoms with Gasteiger partial charge in [0, 0.05) is 5.56 Å². The summed E-state index contributed by atoms with van der Waals surface area (Å²) in [5, 5.41) is 9.10. The van der Waals surface area contributed by atoms with E-state index in [0.717, 1.165) is 12.1 Å². The van der Waals surface area contributed by atoms with Gasteiger partial charge in [0.2, 0.25) is 0 Å². The predicted molar refractivity (Wildman–Crippen MR) is 67.8 cm³/mol. The Bertz CT molecular complexity index is 631. The molecule has 2 aromatic rings. The predicted octanol–water partition coefficient (Wildman–Crippen LogP) is 3.57. The lowest BCUT2D eigenvalue weighted by Crippen LogP contribution is -1.93. The highest BCUT2D eigenvalue weighted by Crippen LogP contribution is 2.13. The minimum Gasteiger partial charge on any atom is -0.508 e. The first-order chi connectivity index (χ1) is 9.06. The maximum Gasteiger partial charge on any atom is 0.185 e. The van der Waals surface area contributed by atoms with Gasteiger partial charge in [-0.05, 0) is 48.0 Å². The Hall–Kier alpha value is -2.49. The third kappa shape index (κ3) is 3.25. The molecule has 0 atom stereocenters. The summed E-state index contributed by atoms with van der Waals surface area (Å²) in [6.45, 7) is 0. The molecule has 0 aliphatic heterocycles. The summed E-state index contributed by atoms with van der Waals surface area (Å²) in [5.74, 6) is -2.10. The molecule has 4 heteroatoms. The second-order valence-corrected chi connectivity index (χ2v) is 3.92. The molecule has 0 unspecified atom stereocenters. The number of hydrogen-bond acceptors (Lipinski definition) is 2. The zero-order valence-electron chi connectivity index (χ0n) is 9.81. The van der Waals surface area contributed by atoms with Crippen LogP contribution in [0.3, 0.4) is 0 Å². The molecule has 0 aliphatic carbocycles. The van der Waals surface area contributed by atoms with Gasteiger partial charge in [-0.3, -0.25) is 4.79 Å². The second kappa shape index (κ2) is 5.44. The van der Waals surface area contributed by atoms with Gasteiger partial charge in [-0.1, -0.05) is 12.1 Å². The van der Waals surface area contributed by atoms with Crippen LogP contribution in [0.15, 0.2) is 48.5 Å². The molecule has 0 saturated carbocycles. The molecule has 0 spiro atoms. The van der Waals surface area contributed by atoms with Gasteiger partial charge in [-0.25, -0.2) is 8.78 Å². The number of hydrogen-bond donors (Lipinski definition) is 1. The van der Waals surface area contributed by atoms with Crippen LogP contribution in [-0.4, -0.2) is 10.9 Å². The largest absolute Gasteiger partial charge is 0.508 e. The Labute approximate surface area is 108 Å². The van der Waals surface area contributed by atoms with E-state index in [9.17, 15) is 13.6 Å². The first-order valence-corrected chi connectivity index (χ1v) is 5.53. The second-order valence-electron chi connectivity index (χ2n) is 3.92. The highest BCUT2D eigenvalue weighted by atomic mass is 19.2. The lowest BCUT2D eigenvalue weighted by Gasteiger charge is -1.97. The van der Waals surface area contributed by atoms with Gasteiger partial charge in [0.05, 0.1) is 0 Å². The van der Waals surface area contributed by atoms with Crippen LogP contribution in [0.25, 0.3) is 6.08 Å². The first-order valence-electron chi connectivity index (χ1n) is 5.53.